The zero-order chi connectivity index (χ0) is 18.3. The van der Waals surface area contributed by atoms with E-state index in [1.807, 2.05) is 42.5 Å². The summed E-state index contributed by atoms with van der Waals surface area (Å²) in [4.78, 5) is 7.38. The molecule has 1 aliphatic rings. The van der Waals surface area contributed by atoms with Crippen LogP contribution in [-0.2, 0) is 22.8 Å². The van der Waals surface area contributed by atoms with Crippen molar-refractivity contribution in [2.24, 2.45) is 0 Å². The summed E-state index contributed by atoms with van der Waals surface area (Å²) in [5.74, 6) is 0.855. The molecule has 0 atom stereocenters. The zero-order valence-corrected chi connectivity index (χ0v) is 16.0. The number of aromatic nitrogens is 1. The van der Waals surface area contributed by atoms with E-state index in [1.54, 1.807) is 6.07 Å². The molecule has 0 spiro atoms. The third kappa shape index (κ3) is 3.29. The van der Waals surface area contributed by atoms with Gasteiger partial charge in [-0.2, -0.15) is 0 Å². The summed E-state index contributed by atoms with van der Waals surface area (Å²) in [6.45, 7) is 1.55. The number of benzene rings is 2. The molecule has 2 heterocycles. The van der Waals surface area contributed by atoms with E-state index in [2.05, 4.69) is 4.90 Å². The summed E-state index contributed by atoms with van der Waals surface area (Å²) in [5.41, 5.74) is 3.12. The first-order chi connectivity index (χ1) is 12.4. The van der Waals surface area contributed by atoms with Gasteiger partial charge in [-0.05, 0) is 48.2 Å². The molecule has 0 saturated carbocycles. The molecule has 0 unspecified atom stereocenters. The van der Waals surface area contributed by atoms with Gasteiger partial charge in [0, 0.05) is 24.7 Å². The van der Waals surface area contributed by atoms with Gasteiger partial charge in [0.25, 0.3) is 0 Å². The van der Waals surface area contributed by atoms with Crippen LogP contribution in [0.2, 0.25) is 5.02 Å². The van der Waals surface area contributed by atoms with Gasteiger partial charge < -0.3 is 4.90 Å². The predicted molar refractivity (Wildman–Crippen MR) is 106 cm³/mol. The van der Waals surface area contributed by atoms with Crippen LogP contribution in [0.3, 0.4) is 0 Å². The molecule has 0 fully saturated rings. The maximum absolute atomic E-state index is 11.8. The number of rotatable bonds is 2. The quantitative estimate of drug-likeness (QED) is 0.660. The van der Waals surface area contributed by atoms with Crippen LogP contribution >= 0.6 is 11.6 Å². The lowest BCUT2D eigenvalue weighted by atomic mass is 10.0. The minimum Gasteiger partial charge on any atom is -0.352 e. The lowest BCUT2D eigenvalue weighted by Crippen LogP contribution is -2.23. The molecular weight excluding hydrogens is 368 g/mol. The first-order valence-electron chi connectivity index (χ1n) is 8.54. The molecule has 0 radical (unpaired) electrons. The van der Waals surface area contributed by atoms with Crippen molar-refractivity contribution in [3.05, 3.63) is 64.7 Å². The molecule has 2 aromatic carbocycles. The Morgan fingerprint density at radius 1 is 1.08 bits per heavy atom. The van der Waals surface area contributed by atoms with Crippen LogP contribution in [0, 0.1) is 0 Å². The molecular formula is C20H19ClN2O2S. The lowest BCUT2D eigenvalue weighted by molar-refractivity contribution is 0.601. The van der Waals surface area contributed by atoms with Crippen molar-refractivity contribution in [3.8, 4) is 0 Å². The molecule has 0 aliphatic carbocycles. The maximum Gasteiger partial charge on any atom is 0.175 e. The summed E-state index contributed by atoms with van der Waals surface area (Å²) in [5, 5.41) is 1.65. The second-order valence-electron chi connectivity index (χ2n) is 6.71. The molecule has 0 bridgehead atoms. The topological polar surface area (TPSA) is 50.3 Å². The standard InChI is InChI=1S/C20H19ClN2O2S/c1-26(24,25)16-9-8-15-13-23(10-4-5-14(15)11-16)20-12-18(21)17-6-2-3-7-19(17)22-20/h2-3,6-9,11-12H,4-5,10,13H2,1H3. The summed E-state index contributed by atoms with van der Waals surface area (Å²) < 4.78 is 23.6. The number of hydrogen-bond donors (Lipinski definition) is 0. The molecule has 1 aliphatic heterocycles. The van der Waals surface area contributed by atoms with Crippen LogP contribution in [0.25, 0.3) is 10.9 Å². The lowest BCUT2D eigenvalue weighted by Gasteiger charge is -2.23. The maximum atomic E-state index is 11.8. The Bertz CT molecular complexity index is 1100. The van der Waals surface area contributed by atoms with Gasteiger partial charge in [0.1, 0.15) is 5.82 Å². The third-order valence-electron chi connectivity index (χ3n) is 4.82. The van der Waals surface area contributed by atoms with Crippen LogP contribution in [0.5, 0.6) is 0 Å². The van der Waals surface area contributed by atoms with E-state index in [9.17, 15) is 8.42 Å². The molecule has 134 valence electrons. The predicted octanol–water partition coefficient (Wildman–Crippen LogP) is 4.24. The van der Waals surface area contributed by atoms with Crippen molar-refractivity contribution in [2.45, 2.75) is 24.3 Å². The average molecular weight is 387 g/mol. The minimum absolute atomic E-state index is 0.386. The second-order valence-corrected chi connectivity index (χ2v) is 9.13. The fraction of sp³-hybridized carbons (Fsp3) is 0.250. The highest BCUT2D eigenvalue weighted by atomic mass is 35.5. The molecule has 0 N–H and O–H groups in total. The third-order valence-corrected chi connectivity index (χ3v) is 6.24. The van der Waals surface area contributed by atoms with Crippen molar-refractivity contribution >= 4 is 38.2 Å². The van der Waals surface area contributed by atoms with E-state index < -0.39 is 9.84 Å². The fourth-order valence-electron chi connectivity index (χ4n) is 3.44. The van der Waals surface area contributed by atoms with Crippen molar-refractivity contribution in [1.82, 2.24) is 4.98 Å². The van der Waals surface area contributed by atoms with E-state index in [4.69, 9.17) is 16.6 Å². The summed E-state index contributed by atoms with van der Waals surface area (Å²) in [7, 11) is -3.19. The van der Waals surface area contributed by atoms with Crippen molar-refractivity contribution < 1.29 is 8.42 Å². The number of hydrogen-bond acceptors (Lipinski definition) is 4. The Labute approximate surface area is 158 Å². The first-order valence-corrected chi connectivity index (χ1v) is 10.8. The van der Waals surface area contributed by atoms with Crippen molar-refractivity contribution in [1.29, 1.82) is 0 Å². The van der Waals surface area contributed by atoms with Gasteiger partial charge in [0.15, 0.2) is 9.84 Å². The molecule has 0 amide bonds. The highest BCUT2D eigenvalue weighted by Gasteiger charge is 2.19. The van der Waals surface area contributed by atoms with Gasteiger partial charge >= 0.3 is 0 Å². The second kappa shape index (κ2) is 6.56. The SMILES string of the molecule is CS(=O)(=O)c1ccc2c(c1)CCCN(c1cc(Cl)c3ccccc3n1)C2. The Morgan fingerprint density at radius 3 is 2.69 bits per heavy atom. The first kappa shape index (κ1) is 17.3. The highest BCUT2D eigenvalue weighted by molar-refractivity contribution is 7.90. The number of halogens is 1. The van der Waals surface area contributed by atoms with Crippen LogP contribution in [0.4, 0.5) is 5.82 Å². The van der Waals surface area contributed by atoms with Gasteiger partial charge in [-0.1, -0.05) is 35.9 Å². The monoisotopic (exact) mass is 386 g/mol. The highest BCUT2D eigenvalue weighted by Crippen LogP contribution is 2.30. The summed E-state index contributed by atoms with van der Waals surface area (Å²) in [6, 6.07) is 15.2. The largest absolute Gasteiger partial charge is 0.352 e. The van der Waals surface area contributed by atoms with Gasteiger partial charge in [0.05, 0.1) is 15.4 Å². The van der Waals surface area contributed by atoms with Crippen molar-refractivity contribution in [3.63, 3.8) is 0 Å². The Hall–Kier alpha value is -2.11. The number of para-hydroxylation sites is 1. The minimum atomic E-state index is -3.19. The van der Waals surface area contributed by atoms with Gasteiger partial charge in [0.2, 0.25) is 0 Å². The van der Waals surface area contributed by atoms with Crippen molar-refractivity contribution in [2.75, 3.05) is 17.7 Å². The molecule has 26 heavy (non-hydrogen) atoms. The van der Waals surface area contributed by atoms with Crippen LogP contribution in [-0.4, -0.2) is 26.2 Å². The van der Waals surface area contributed by atoms with E-state index in [0.717, 1.165) is 47.2 Å². The summed E-state index contributed by atoms with van der Waals surface area (Å²) >= 11 is 6.46. The fourth-order valence-corrected chi connectivity index (χ4v) is 4.37. The Balaban J connectivity index is 1.72. The average Bonchev–Trinajstić information content (AvgIpc) is 2.82. The summed E-state index contributed by atoms with van der Waals surface area (Å²) in [6.07, 6.45) is 3.04. The van der Waals surface area contributed by atoms with Gasteiger partial charge in [-0.25, -0.2) is 13.4 Å². The normalized spacial score (nSPS) is 14.9. The number of aryl methyl sites for hydroxylation is 1. The van der Waals surface area contributed by atoms with Crippen LogP contribution in [0.15, 0.2) is 53.4 Å². The zero-order valence-electron chi connectivity index (χ0n) is 14.4. The number of anilines is 1. The Morgan fingerprint density at radius 2 is 1.88 bits per heavy atom. The number of fused-ring (bicyclic) bond motifs is 2. The van der Waals surface area contributed by atoms with Crippen LogP contribution in [0.1, 0.15) is 17.5 Å². The molecule has 4 nitrogen and oxygen atoms in total. The van der Waals surface area contributed by atoms with Gasteiger partial charge in [-0.3, -0.25) is 0 Å². The molecule has 1 aromatic heterocycles. The van der Waals surface area contributed by atoms with E-state index in [-0.39, 0.29) is 0 Å². The van der Waals surface area contributed by atoms with Gasteiger partial charge in [-0.15, -0.1) is 0 Å². The van der Waals surface area contributed by atoms with E-state index in [1.165, 1.54) is 6.26 Å². The van der Waals surface area contributed by atoms with E-state index >= 15 is 0 Å². The number of sulfone groups is 1. The molecule has 0 saturated heterocycles. The molecule has 6 heteroatoms. The Kier molecular flexibility index (Phi) is 4.37. The number of nitrogens with zero attached hydrogens (tertiary/aromatic N) is 2. The van der Waals surface area contributed by atoms with Crippen LogP contribution < -0.4 is 4.90 Å². The molecule has 4 rings (SSSR count). The number of pyridine rings is 1. The molecule has 3 aromatic rings. The smallest absolute Gasteiger partial charge is 0.175 e. The van der Waals surface area contributed by atoms with E-state index in [0.29, 0.717) is 16.5 Å².